The fraction of sp³-hybridized carbons (Fsp3) is 0.300. The average Bonchev–Trinajstić information content (AvgIpc) is 2.63. The molecule has 0 radical (unpaired) electrons. The molecule has 0 saturated carbocycles. The first-order valence-electron chi connectivity index (χ1n) is 8.54. The number of benzene rings is 2. The number of halogens is 1. The van der Waals surface area contributed by atoms with Crippen LogP contribution in [0.25, 0.3) is 0 Å². The van der Waals surface area contributed by atoms with Gasteiger partial charge in [-0.2, -0.15) is 0 Å². The molecule has 3 rings (SSSR count). The zero-order chi connectivity index (χ0) is 17.8. The van der Waals surface area contributed by atoms with E-state index in [0.717, 1.165) is 12.1 Å². The Hall–Kier alpha value is -2.37. The number of piperazine rings is 1. The number of hydrogen-bond acceptors (Lipinski definition) is 3. The molecular formula is C20H24ClN3O2. The molecule has 138 valence electrons. The lowest BCUT2D eigenvalue weighted by Gasteiger charge is -2.32. The number of anilines is 1. The summed E-state index contributed by atoms with van der Waals surface area (Å²) in [6.07, 6.45) is 0. The number of carbonyl (C=O) groups is 2. The average molecular weight is 374 g/mol. The van der Waals surface area contributed by atoms with Crippen molar-refractivity contribution < 1.29 is 9.59 Å². The zero-order valence-electron chi connectivity index (χ0n) is 15.0. The third-order valence-electron chi connectivity index (χ3n) is 4.42. The summed E-state index contributed by atoms with van der Waals surface area (Å²) in [5.74, 6) is -0.173. The minimum absolute atomic E-state index is 0. The highest BCUT2D eigenvalue weighted by atomic mass is 35.5. The van der Waals surface area contributed by atoms with Crippen molar-refractivity contribution in [2.24, 2.45) is 0 Å². The standard InChI is InChI=1S/C20H23N3O2.ClH/c1-14-8-9-17(20(25)23-11-10-21-15(2)13-23)12-18(14)22-19(24)16-6-4-3-5-7-16;/h3-9,12,15,21H,10-11,13H2,1-2H3,(H,22,24);1H. The molecular weight excluding hydrogens is 350 g/mol. The van der Waals surface area contributed by atoms with E-state index in [-0.39, 0.29) is 24.2 Å². The number of nitrogens with one attached hydrogen (secondary N) is 2. The van der Waals surface area contributed by atoms with Gasteiger partial charge in [0.2, 0.25) is 0 Å². The molecule has 0 aliphatic carbocycles. The Labute approximate surface area is 160 Å². The minimum Gasteiger partial charge on any atom is -0.336 e. The molecule has 2 amide bonds. The summed E-state index contributed by atoms with van der Waals surface area (Å²) < 4.78 is 0. The van der Waals surface area contributed by atoms with E-state index in [1.807, 2.05) is 42.2 Å². The van der Waals surface area contributed by atoms with Gasteiger partial charge in [0.05, 0.1) is 0 Å². The first kappa shape index (κ1) is 19.9. The van der Waals surface area contributed by atoms with Gasteiger partial charge >= 0.3 is 0 Å². The Morgan fingerprint density at radius 3 is 2.54 bits per heavy atom. The maximum absolute atomic E-state index is 12.8. The SMILES string of the molecule is Cc1ccc(C(=O)N2CCNC(C)C2)cc1NC(=O)c1ccccc1.Cl. The van der Waals surface area contributed by atoms with Gasteiger partial charge in [0, 0.05) is 42.5 Å². The van der Waals surface area contributed by atoms with Crippen LogP contribution in [0.3, 0.4) is 0 Å². The number of rotatable bonds is 3. The van der Waals surface area contributed by atoms with Gasteiger partial charge in [-0.15, -0.1) is 12.4 Å². The van der Waals surface area contributed by atoms with Crippen LogP contribution in [0.1, 0.15) is 33.2 Å². The van der Waals surface area contributed by atoms with E-state index in [2.05, 4.69) is 17.6 Å². The fourth-order valence-corrected chi connectivity index (χ4v) is 2.97. The number of carbonyl (C=O) groups excluding carboxylic acids is 2. The van der Waals surface area contributed by atoms with Gasteiger partial charge in [-0.1, -0.05) is 24.3 Å². The molecule has 0 spiro atoms. The lowest BCUT2D eigenvalue weighted by Crippen LogP contribution is -2.51. The molecule has 1 heterocycles. The Balaban J connectivity index is 0.00000243. The Bertz CT molecular complexity index is 780. The Morgan fingerprint density at radius 1 is 1.12 bits per heavy atom. The molecule has 2 aromatic rings. The largest absolute Gasteiger partial charge is 0.336 e. The molecule has 2 N–H and O–H groups in total. The van der Waals surface area contributed by atoms with E-state index in [9.17, 15) is 9.59 Å². The highest BCUT2D eigenvalue weighted by Crippen LogP contribution is 2.19. The van der Waals surface area contributed by atoms with Gasteiger partial charge in [0.25, 0.3) is 11.8 Å². The van der Waals surface area contributed by atoms with Gasteiger partial charge in [0.1, 0.15) is 0 Å². The normalized spacial score (nSPS) is 16.5. The van der Waals surface area contributed by atoms with E-state index < -0.39 is 0 Å². The van der Waals surface area contributed by atoms with E-state index in [0.29, 0.717) is 35.9 Å². The van der Waals surface area contributed by atoms with Crippen LogP contribution in [-0.4, -0.2) is 42.4 Å². The van der Waals surface area contributed by atoms with Crippen LogP contribution < -0.4 is 10.6 Å². The van der Waals surface area contributed by atoms with Crippen LogP contribution in [0.5, 0.6) is 0 Å². The third-order valence-corrected chi connectivity index (χ3v) is 4.42. The predicted molar refractivity (Wildman–Crippen MR) is 106 cm³/mol. The first-order valence-corrected chi connectivity index (χ1v) is 8.54. The summed E-state index contributed by atoms with van der Waals surface area (Å²) in [5.41, 5.74) is 2.79. The smallest absolute Gasteiger partial charge is 0.255 e. The van der Waals surface area contributed by atoms with Crippen LogP contribution in [0.15, 0.2) is 48.5 Å². The first-order chi connectivity index (χ1) is 12.0. The highest BCUT2D eigenvalue weighted by molar-refractivity contribution is 6.05. The van der Waals surface area contributed by atoms with Crippen LogP contribution in [0, 0.1) is 6.92 Å². The van der Waals surface area contributed by atoms with Gasteiger partial charge in [-0.25, -0.2) is 0 Å². The van der Waals surface area contributed by atoms with Gasteiger partial charge in [0.15, 0.2) is 0 Å². The van der Waals surface area contributed by atoms with Crippen LogP contribution in [-0.2, 0) is 0 Å². The Kier molecular flexibility index (Phi) is 6.77. The molecule has 1 aliphatic heterocycles. The lowest BCUT2D eigenvalue weighted by molar-refractivity contribution is 0.0709. The third kappa shape index (κ3) is 4.62. The van der Waals surface area contributed by atoms with Crippen LogP contribution >= 0.6 is 12.4 Å². The van der Waals surface area contributed by atoms with Crippen molar-refractivity contribution in [3.8, 4) is 0 Å². The van der Waals surface area contributed by atoms with Crippen molar-refractivity contribution in [2.45, 2.75) is 19.9 Å². The second-order valence-electron chi connectivity index (χ2n) is 6.46. The summed E-state index contributed by atoms with van der Waals surface area (Å²) in [5, 5.41) is 6.24. The molecule has 0 aromatic heterocycles. The van der Waals surface area contributed by atoms with Gasteiger partial charge < -0.3 is 15.5 Å². The van der Waals surface area contributed by atoms with E-state index >= 15 is 0 Å². The molecule has 1 unspecified atom stereocenters. The van der Waals surface area contributed by atoms with Crippen molar-refractivity contribution in [1.29, 1.82) is 0 Å². The van der Waals surface area contributed by atoms with Crippen LogP contribution in [0.2, 0.25) is 0 Å². The van der Waals surface area contributed by atoms with Crippen molar-refractivity contribution in [3.63, 3.8) is 0 Å². The highest BCUT2D eigenvalue weighted by Gasteiger charge is 2.22. The molecule has 1 saturated heterocycles. The molecule has 2 aromatic carbocycles. The second kappa shape index (κ2) is 8.83. The fourth-order valence-electron chi connectivity index (χ4n) is 2.97. The quantitative estimate of drug-likeness (QED) is 0.869. The molecule has 1 atom stereocenters. The van der Waals surface area contributed by atoms with E-state index in [1.165, 1.54) is 0 Å². The summed E-state index contributed by atoms with van der Waals surface area (Å²) in [7, 11) is 0. The summed E-state index contributed by atoms with van der Waals surface area (Å²) in [6.45, 7) is 6.18. The number of aryl methyl sites for hydroxylation is 1. The lowest BCUT2D eigenvalue weighted by atomic mass is 10.1. The summed E-state index contributed by atoms with van der Waals surface area (Å²) in [6, 6.07) is 14.8. The second-order valence-corrected chi connectivity index (χ2v) is 6.46. The molecule has 5 nitrogen and oxygen atoms in total. The van der Waals surface area contributed by atoms with E-state index in [1.54, 1.807) is 18.2 Å². The topological polar surface area (TPSA) is 61.4 Å². The van der Waals surface area contributed by atoms with Crippen molar-refractivity contribution in [2.75, 3.05) is 25.0 Å². The molecule has 0 bridgehead atoms. The minimum atomic E-state index is -0.177. The maximum atomic E-state index is 12.8. The van der Waals surface area contributed by atoms with Crippen molar-refractivity contribution in [3.05, 3.63) is 65.2 Å². The zero-order valence-corrected chi connectivity index (χ0v) is 15.8. The van der Waals surface area contributed by atoms with Gasteiger partial charge in [-0.05, 0) is 43.7 Å². The Morgan fingerprint density at radius 2 is 1.85 bits per heavy atom. The van der Waals surface area contributed by atoms with Crippen molar-refractivity contribution >= 4 is 29.9 Å². The molecule has 6 heteroatoms. The predicted octanol–water partition coefficient (Wildman–Crippen LogP) is 3.10. The van der Waals surface area contributed by atoms with Gasteiger partial charge in [-0.3, -0.25) is 9.59 Å². The van der Waals surface area contributed by atoms with Crippen molar-refractivity contribution in [1.82, 2.24) is 10.2 Å². The number of hydrogen-bond donors (Lipinski definition) is 2. The number of nitrogens with zero attached hydrogens (tertiary/aromatic N) is 1. The maximum Gasteiger partial charge on any atom is 0.255 e. The monoisotopic (exact) mass is 373 g/mol. The number of amides is 2. The van der Waals surface area contributed by atoms with Crippen LogP contribution in [0.4, 0.5) is 5.69 Å². The molecule has 26 heavy (non-hydrogen) atoms. The summed E-state index contributed by atoms with van der Waals surface area (Å²) in [4.78, 5) is 27.0. The van der Waals surface area contributed by atoms with E-state index in [4.69, 9.17) is 0 Å². The molecule has 1 aliphatic rings. The summed E-state index contributed by atoms with van der Waals surface area (Å²) >= 11 is 0. The molecule has 1 fully saturated rings.